The molecule has 0 aliphatic rings. The fraction of sp³-hybridized carbons (Fsp3) is 0.143. The van der Waals surface area contributed by atoms with Gasteiger partial charge < -0.3 is 21.7 Å². The van der Waals surface area contributed by atoms with Crippen LogP contribution in [0, 0.1) is 0 Å². The minimum atomic E-state index is -1.51. The van der Waals surface area contributed by atoms with Crippen LogP contribution in [-0.2, 0) is 0 Å². The molecule has 0 bridgehead atoms. The van der Waals surface area contributed by atoms with Crippen LogP contribution in [0.4, 0.5) is 11.4 Å². The van der Waals surface area contributed by atoms with Crippen molar-refractivity contribution in [3.63, 3.8) is 0 Å². The Kier molecular flexibility index (Phi) is 1.98. The summed E-state index contributed by atoms with van der Waals surface area (Å²) in [6, 6.07) is 4.47. The molecule has 4 heteroatoms. The van der Waals surface area contributed by atoms with Gasteiger partial charge in [0.05, 0.1) is 0 Å². The molecule has 1 aromatic carbocycles. The smallest absolute Gasteiger partial charge is 0.178 e. The first-order chi connectivity index (χ1) is 5.09. The first-order valence-electron chi connectivity index (χ1n) is 3.11. The van der Waals surface area contributed by atoms with E-state index in [1.54, 1.807) is 6.07 Å². The number of aliphatic hydroxyl groups is 2. The molecule has 0 aliphatic carbocycles. The largest absolute Gasteiger partial charge is 0.399 e. The Balaban J connectivity index is 3.08. The van der Waals surface area contributed by atoms with Gasteiger partial charge in [-0.05, 0) is 18.2 Å². The van der Waals surface area contributed by atoms with E-state index in [4.69, 9.17) is 21.7 Å². The lowest BCUT2D eigenvalue weighted by molar-refractivity contribution is -0.0424. The molecular formula is C7H10N2O2. The van der Waals surface area contributed by atoms with Crippen molar-refractivity contribution >= 4 is 11.4 Å². The van der Waals surface area contributed by atoms with E-state index in [-0.39, 0.29) is 0 Å². The summed E-state index contributed by atoms with van der Waals surface area (Å²) in [6.07, 6.45) is -1.51. The maximum Gasteiger partial charge on any atom is 0.178 e. The highest BCUT2D eigenvalue weighted by Gasteiger charge is 2.02. The zero-order chi connectivity index (χ0) is 8.43. The normalized spacial score (nSPS) is 10.5. The van der Waals surface area contributed by atoms with Gasteiger partial charge in [0.2, 0.25) is 0 Å². The fourth-order valence-corrected chi connectivity index (χ4v) is 0.851. The van der Waals surface area contributed by atoms with Gasteiger partial charge in [-0.2, -0.15) is 0 Å². The van der Waals surface area contributed by atoms with Crippen LogP contribution in [0.25, 0.3) is 0 Å². The molecule has 4 nitrogen and oxygen atoms in total. The van der Waals surface area contributed by atoms with Crippen molar-refractivity contribution in [2.75, 3.05) is 11.5 Å². The molecule has 0 heterocycles. The monoisotopic (exact) mass is 154 g/mol. The second kappa shape index (κ2) is 2.77. The molecule has 0 saturated heterocycles. The van der Waals surface area contributed by atoms with E-state index >= 15 is 0 Å². The molecule has 0 aliphatic heterocycles. The Hall–Kier alpha value is -1.26. The van der Waals surface area contributed by atoms with E-state index < -0.39 is 6.29 Å². The van der Waals surface area contributed by atoms with Crippen molar-refractivity contribution in [2.24, 2.45) is 0 Å². The lowest BCUT2D eigenvalue weighted by Gasteiger charge is -2.05. The number of nitrogen functional groups attached to an aromatic ring is 2. The summed E-state index contributed by atoms with van der Waals surface area (Å²) in [4.78, 5) is 0. The van der Waals surface area contributed by atoms with Crippen LogP contribution in [0.15, 0.2) is 18.2 Å². The summed E-state index contributed by atoms with van der Waals surface area (Å²) < 4.78 is 0. The summed E-state index contributed by atoms with van der Waals surface area (Å²) >= 11 is 0. The molecule has 0 atom stereocenters. The van der Waals surface area contributed by atoms with E-state index in [0.717, 1.165) is 0 Å². The van der Waals surface area contributed by atoms with Crippen molar-refractivity contribution < 1.29 is 10.2 Å². The van der Waals surface area contributed by atoms with E-state index in [2.05, 4.69) is 0 Å². The summed E-state index contributed by atoms with van der Waals surface area (Å²) in [6.45, 7) is 0. The van der Waals surface area contributed by atoms with Gasteiger partial charge in [-0.3, -0.25) is 0 Å². The quantitative estimate of drug-likeness (QED) is 0.334. The molecule has 0 fully saturated rings. The lowest BCUT2D eigenvalue weighted by Crippen LogP contribution is -1.98. The zero-order valence-corrected chi connectivity index (χ0v) is 5.86. The molecule has 1 rings (SSSR count). The first kappa shape index (κ1) is 7.84. The van der Waals surface area contributed by atoms with Gasteiger partial charge in [-0.25, -0.2) is 0 Å². The Bertz CT molecular complexity index is 240. The SMILES string of the molecule is Nc1cc(N)cc(C(O)O)c1. The third-order valence-electron chi connectivity index (χ3n) is 1.30. The van der Waals surface area contributed by atoms with E-state index in [1.807, 2.05) is 0 Å². The molecule has 6 N–H and O–H groups in total. The van der Waals surface area contributed by atoms with Gasteiger partial charge in [-0.15, -0.1) is 0 Å². The molecular weight excluding hydrogens is 144 g/mol. The Morgan fingerprint density at radius 1 is 1.00 bits per heavy atom. The van der Waals surface area contributed by atoms with Gasteiger partial charge >= 0.3 is 0 Å². The van der Waals surface area contributed by atoms with Gasteiger partial charge in [-0.1, -0.05) is 0 Å². The highest BCUT2D eigenvalue weighted by molar-refractivity contribution is 5.54. The molecule has 0 aromatic heterocycles. The minimum Gasteiger partial charge on any atom is -0.399 e. The number of nitrogens with two attached hydrogens (primary N) is 2. The Labute approximate surface area is 64.1 Å². The van der Waals surface area contributed by atoms with Crippen LogP contribution in [0.2, 0.25) is 0 Å². The van der Waals surface area contributed by atoms with Crippen LogP contribution in [0.3, 0.4) is 0 Å². The van der Waals surface area contributed by atoms with Crippen LogP contribution < -0.4 is 11.5 Å². The van der Waals surface area contributed by atoms with Crippen LogP contribution in [-0.4, -0.2) is 10.2 Å². The van der Waals surface area contributed by atoms with Crippen LogP contribution in [0.1, 0.15) is 11.9 Å². The first-order valence-corrected chi connectivity index (χ1v) is 3.11. The summed E-state index contributed by atoms with van der Waals surface area (Å²) in [5.74, 6) is 0. The standard InChI is InChI=1S/C7H10N2O2/c8-5-1-4(7(10)11)2-6(9)3-5/h1-3,7,10-11H,8-9H2. The molecule has 0 radical (unpaired) electrons. The van der Waals surface area contributed by atoms with E-state index in [9.17, 15) is 0 Å². The maximum atomic E-state index is 8.72. The van der Waals surface area contributed by atoms with Crippen molar-refractivity contribution in [1.82, 2.24) is 0 Å². The highest BCUT2D eigenvalue weighted by Crippen LogP contribution is 2.17. The van der Waals surface area contributed by atoms with Gasteiger partial charge in [0.25, 0.3) is 0 Å². The average molecular weight is 154 g/mol. The third-order valence-corrected chi connectivity index (χ3v) is 1.30. The highest BCUT2D eigenvalue weighted by atomic mass is 16.5. The van der Waals surface area contributed by atoms with Gasteiger partial charge in [0.15, 0.2) is 6.29 Å². The topological polar surface area (TPSA) is 92.5 Å². The second-order valence-electron chi connectivity index (χ2n) is 2.31. The van der Waals surface area contributed by atoms with Crippen LogP contribution >= 0.6 is 0 Å². The molecule has 0 unspecified atom stereocenters. The Morgan fingerprint density at radius 2 is 1.45 bits per heavy atom. The Morgan fingerprint density at radius 3 is 1.82 bits per heavy atom. The molecule has 0 amide bonds. The van der Waals surface area contributed by atoms with Crippen LogP contribution in [0.5, 0.6) is 0 Å². The summed E-state index contributed by atoms with van der Waals surface area (Å²) in [5, 5.41) is 17.4. The van der Waals surface area contributed by atoms with Crippen molar-refractivity contribution in [3.05, 3.63) is 23.8 Å². The minimum absolute atomic E-state index is 0.308. The summed E-state index contributed by atoms with van der Waals surface area (Å²) in [7, 11) is 0. The van der Waals surface area contributed by atoms with E-state index in [0.29, 0.717) is 16.9 Å². The molecule has 11 heavy (non-hydrogen) atoms. The molecule has 60 valence electrons. The average Bonchev–Trinajstić information content (AvgIpc) is 1.85. The van der Waals surface area contributed by atoms with Crippen molar-refractivity contribution in [1.29, 1.82) is 0 Å². The van der Waals surface area contributed by atoms with Gasteiger partial charge in [0, 0.05) is 16.9 Å². The number of anilines is 2. The number of rotatable bonds is 1. The fourth-order valence-electron chi connectivity index (χ4n) is 0.851. The second-order valence-corrected chi connectivity index (χ2v) is 2.31. The van der Waals surface area contributed by atoms with Crippen molar-refractivity contribution in [3.8, 4) is 0 Å². The molecule has 0 saturated carbocycles. The summed E-state index contributed by atoms with van der Waals surface area (Å²) in [5.41, 5.74) is 11.9. The number of hydrogen-bond acceptors (Lipinski definition) is 4. The van der Waals surface area contributed by atoms with E-state index in [1.165, 1.54) is 12.1 Å². The van der Waals surface area contributed by atoms with Crippen molar-refractivity contribution in [2.45, 2.75) is 6.29 Å². The number of hydrogen-bond donors (Lipinski definition) is 4. The number of benzene rings is 1. The molecule has 0 spiro atoms. The maximum absolute atomic E-state index is 8.72. The number of aliphatic hydroxyl groups excluding tert-OH is 1. The van der Waals surface area contributed by atoms with Gasteiger partial charge in [0.1, 0.15) is 0 Å². The predicted octanol–water partition coefficient (Wildman–Crippen LogP) is -0.166. The third kappa shape index (κ3) is 1.83. The predicted molar refractivity (Wildman–Crippen MR) is 42.4 cm³/mol. The zero-order valence-electron chi connectivity index (χ0n) is 5.86. The lowest BCUT2D eigenvalue weighted by atomic mass is 10.2. The molecule has 1 aromatic rings.